The van der Waals surface area contributed by atoms with Crippen molar-refractivity contribution in [3.8, 4) is 0 Å². The van der Waals surface area contributed by atoms with Crippen LogP contribution in [0.2, 0.25) is 0 Å². The van der Waals surface area contributed by atoms with Gasteiger partial charge in [0.1, 0.15) is 0 Å². The maximum absolute atomic E-state index is 11.3. The van der Waals surface area contributed by atoms with E-state index in [1.54, 1.807) is 0 Å². The Hall–Kier alpha value is -0.570. The first-order chi connectivity index (χ1) is 5.75. The topological polar surface area (TPSA) is 52.3 Å². The van der Waals surface area contributed by atoms with Gasteiger partial charge >= 0.3 is 5.97 Å². The van der Waals surface area contributed by atoms with Crippen molar-refractivity contribution >= 4 is 5.97 Å². The number of carbonyl (C=O) groups excluding carboxylic acids is 1. The first kappa shape index (κ1) is 8.05. The van der Waals surface area contributed by atoms with Gasteiger partial charge in [-0.3, -0.25) is 4.79 Å². The molecule has 68 valence electrons. The first-order valence-electron chi connectivity index (χ1n) is 4.59. The molecule has 2 rings (SSSR count). The van der Waals surface area contributed by atoms with Crippen LogP contribution < -0.4 is 5.73 Å². The fourth-order valence-electron chi connectivity index (χ4n) is 2.57. The standard InChI is InChI=1S/C9H15NO2/c1-12-9(11)6-4-2-3-5-7(6)8(5)10/h5-8H,2-4,10H2,1H3/t5-,6?,7-,8+/m1/s1. The van der Waals surface area contributed by atoms with Crippen molar-refractivity contribution in [2.75, 3.05) is 7.11 Å². The molecule has 1 unspecified atom stereocenters. The van der Waals surface area contributed by atoms with Crippen LogP contribution in [0.1, 0.15) is 19.3 Å². The highest BCUT2D eigenvalue weighted by molar-refractivity contribution is 5.73. The largest absolute Gasteiger partial charge is 0.469 e. The first-order valence-corrected chi connectivity index (χ1v) is 4.59. The Kier molecular flexibility index (Phi) is 1.83. The molecule has 4 atom stereocenters. The highest BCUT2D eigenvalue weighted by atomic mass is 16.5. The summed E-state index contributed by atoms with van der Waals surface area (Å²) in [5.41, 5.74) is 5.85. The molecule has 0 aromatic carbocycles. The summed E-state index contributed by atoms with van der Waals surface area (Å²) in [4.78, 5) is 11.3. The number of rotatable bonds is 1. The number of nitrogens with two attached hydrogens (primary N) is 1. The van der Waals surface area contributed by atoms with Gasteiger partial charge in [0, 0.05) is 6.04 Å². The average Bonchev–Trinajstić information content (AvgIpc) is 2.77. The molecular weight excluding hydrogens is 154 g/mol. The minimum Gasteiger partial charge on any atom is -0.469 e. The van der Waals surface area contributed by atoms with Crippen LogP contribution in [-0.2, 0) is 9.53 Å². The third-order valence-corrected chi connectivity index (χ3v) is 3.31. The lowest BCUT2D eigenvalue weighted by atomic mass is 9.89. The predicted molar refractivity (Wildman–Crippen MR) is 44.3 cm³/mol. The lowest BCUT2D eigenvalue weighted by Crippen LogP contribution is -2.23. The Morgan fingerprint density at radius 3 is 2.92 bits per heavy atom. The fourth-order valence-corrected chi connectivity index (χ4v) is 2.57. The van der Waals surface area contributed by atoms with Crippen molar-refractivity contribution in [3.63, 3.8) is 0 Å². The molecule has 0 aliphatic heterocycles. The molecule has 2 aliphatic carbocycles. The summed E-state index contributed by atoms with van der Waals surface area (Å²) in [6, 6.07) is 0.275. The third-order valence-electron chi connectivity index (χ3n) is 3.31. The van der Waals surface area contributed by atoms with E-state index in [2.05, 4.69) is 0 Å². The lowest BCUT2D eigenvalue weighted by Gasteiger charge is -2.17. The summed E-state index contributed by atoms with van der Waals surface area (Å²) in [7, 11) is 1.46. The van der Waals surface area contributed by atoms with Gasteiger partial charge in [0.2, 0.25) is 0 Å². The summed E-state index contributed by atoms with van der Waals surface area (Å²) < 4.78 is 4.74. The molecular formula is C9H15NO2. The second-order valence-corrected chi connectivity index (χ2v) is 3.88. The fraction of sp³-hybridized carbons (Fsp3) is 0.889. The van der Waals surface area contributed by atoms with E-state index in [-0.39, 0.29) is 17.9 Å². The molecule has 2 fully saturated rings. The van der Waals surface area contributed by atoms with Crippen LogP contribution in [0.5, 0.6) is 0 Å². The van der Waals surface area contributed by atoms with Crippen molar-refractivity contribution in [1.82, 2.24) is 0 Å². The molecule has 0 aromatic heterocycles. The van der Waals surface area contributed by atoms with Crippen molar-refractivity contribution in [2.24, 2.45) is 23.5 Å². The van der Waals surface area contributed by atoms with Crippen LogP contribution >= 0.6 is 0 Å². The zero-order chi connectivity index (χ0) is 8.72. The molecule has 3 nitrogen and oxygen atoms in total. The van der Waals surface area contributed by atoms with Crippen molar-refractivity contribution < 1.29 is 9.53 Å². The summed E-state index contributed by atoms with van der Waals surface area (Å²) in [5.74, 6) is 1.09. The smallest absolute Gasteiger partial charge is 0.309 e. The number of methoxy groups -OCH3 is 1. The highest BCUT2D eigenvalue weighted by Crippen LogP contribution is 2.51. The van der Waals surface area contributed by atoms with E-state index >= 15 is 0 Å². The molecule has 2 N–H and O–H groups in total. The Morgan fingerprint density at radius 1 is 1.50 bits per heavy atom. The molecule has 2 aliphatic rings. The van der Waals surface area contributed by atoms with E-state index in [0.29, 0.717) is 11.8 Å². The number of ether oxygens (including phenoxy) is 1. The molecule has 0 amide bonds. The minimum atomic E-state index is -0.0577. The Bertz CT molecular complexity index is 205. The van der Waals surface area contributed by atoms with Gasteiger partial charge in [-0.25, -0.2) is 0 Å². The summed E-state index contributed by atoms with van der Waals surface area (Å²) in [6.07, 6.45) is 3.31. The summed E-state index contributed by atoms with van der Waals surface area (Å²) in [6.45, 7) is 0. The maximum atomic E-state index is 11.3. The van der Waals surface area contributed by atoms with Gasteiger partial charge in [-0.05, 0) is 24.7 Å². The van der Waals surface area contributed by atoms with Gasteiger partial charge in [-0.2, -0.15) is 0 Å². The van der Waals surface area contributed by atoms with E-state index < -0.39 is 0 Å². The Labute approximate surface area is 72.3 Å². The molecule has 0 bridgehead atoms. The van der Waals surface area contributed by atoms with E-state index in [1.807, 2.05) is 0 Å². The zero-order valence-corrected chi connectivity index (χ0v) is 7.32. The molecule has 3 heteroatoms. The maximum Gasteiger partial charge on any atom is 0.309 e. The van der Waals surface area contributed by atoms with Gasteiger partial charge < -0.3 is 10.5 Å². The number of carbonyl (C=O) groups is 1. The van der Waals surface area contributed by atoms with Gasteiger partial charge in [0.25, 0.3) is 0 Å². The molecule has 0 radical (unpaired) electrons. The van der Waals surface area contributed by atoms with Crippen LogP contribution in [0, 0.1) is 17.8 Å². The van der Waals surface area contributed by atoms with Gasteiger partial charge in [-0.15, -0.1) is 0 Å². The van der Waals surface area contributed by atoms with E-state index in [1.165, 1.54) is 13.5 Å². The highest BCUT2D eigenvalue weighted by Gasteiger charge is 2.55. The van der Waals surface area contributed by atoms with Crippen LogP contribution in [0.25, 0.3) is 0 Å². The van der Waals surface area contributed by atoms with Crippen LogP contribution in [0.3, 0.4) is 0 Å². The molecule has 12 heavy (non-hydrogen) atoms. The third kappa shape index (κ3) is 1.04. The number of hydrogen-bond acceptors (Lipinski definition) is 3. The van der Waals surface area contributed by atoms with Crippen molar-refractivity contribution in [1.29, 1.82) is 0 Å². The number of hydrogen-bond donors (Lipinski definition) is 1. The minimum absolute atomic E-state index is 0.0577. The summed E-state index contributed by atoms with van der Waals surface area (Å²) in [5, 5.41) is 0. The monoisotopic (exact) mass is 169 g/mol. The quantitative estimate of drug-likeness (QED) is 0.583. The van der Waals surface area contributed by atoms with Crippen LogP contribution in [-0.4, -0.2) is 19.1 Å². The van der Waals surface area contributed by atoms with Crippen LogP contribution in [0.4, 0.5) is 0 Å². The lowest BCUT2D eigenvalue weighted by molar-refractivity contribution is -0.147. The SMILES string of the molecule is COC(=O)C1CCC[C@H]2[C@H](N)[C@@H]12. The molecule has 0 saturated heterocycles. The van der Waals surface area contributed by atoms with Gasteiger partial charge in [0.15, 0.2) is 0 Å². The van der Waals surface area contributed by atoms with Gasteiger partial charge in [0.05, 0.1) is 13.0 Å². The Balaban J connectivity index is 2.02. The Morgan fingerprint density at radius 2 is 2.25 bits per heavy atom. The second kappa shape index (κ2) is 2.73. The molecule has 0 aromatic rings. The second-order valence-electron chi connectivity index (χ2n) is 3.88. The predicted octanol–water partition coefficient (Wildman–Crippen LogP) is 0.533. The van der Waals surface area contributed by atoms with Gasteiger partial charge in [-0.1, -0.05) is 6.42 Å². The number of fused-ring (bicyclic) bond motifs is 1. The van der Waals surface area contributed by atoms with Crippen molar-refractivity contribution in [3.05, 3.63) is 0 Å². The van der Waals surface area contributed by atoms with E-state index in [9.17, 15) is 4.79 Å². The average molecular weight is 169 g/mol. The molecule has 2 saturated carbocycles. The summed E-state index contributed by atoms with van der Waals surface area (Å²) >= 11 is 0. The zero-order valence-electron chi connectivity index (χ0n) is 7.32. The van der Waals surface area contributed by atoms with Crippen LogP contribution in [0.15, 0.2) is 0 Å². The molecule has 0 spiro atoms. The van der Waals surface area contributed by atoms with E-state index in [0.717, 1.165) is 12.8 Å². The molecule has 0 heterocycles. The van der Waals surface area contributed by atoms with Crippen molar-refractivity contribution in [2.45, 2.75) is 25.3 Å². The normalized spacial score (nSPS) is 44.8. The van der Waals surface area contributed by atoms with E-state index in [4.69, 9.17) is 10.5 Å². The number of esters is 1.